The Balaban J connectivity index is 1.88. The lowest BCUT2D eigenvalue weighted by atomic mass is 10.2. The fraction of sp³-hybridized carbons (Fsp3) is 0.786. The van der Waals surface area contributed by atoms with Crippen LogP contribution in [0.1, 0.15) is 43.4 Å². The number of hydrogen-bond donors (Lipinski definition) is 1. The fourth-order valence-corrected chi connectivity index (χ4v) is 3.11. The number of nitrogens with zero attached hydrogens (tertiary/aromatic N) is 4. The van der Waals surface area contributed by atoms with Gasteiger partial charge in [0.15, 0.2) is 0 Å². The topological polar surface area (TPSA) is 61.4 Å². The number of piperazine rings is 1. The Hall–Kier alpha value is -1.21. The van der Waals surface area contributed by atoms with E-state index in [1.165, 1.54) is 11.3 Å². The third-order valence-corrected chi connectivity index (χ3v) is 4.82. The maximum atomic E-state index is 12.4. The molecule has 1 unspecified atom stereocenters. The van der Waals surface area contributed by atoms with Gasteiger partial charge in [-0.1, -0.05) is 25.2 Å². The van der Waals surface area contributed by atoms with Crippen LogP contribution in [-0.4, -0.2) is 64.7 Å². The van der Waals surface area contributed by atoms with Crippen LogP contribution in [0.15, 0.2) is 0 Å². The van der Waals surface area contributed by atoms with Gasteiger partial charge in [-0.2, -0.15) is 0 Å². The molecule has 0 bridgehead atoms. The maximum absolute atomic E-state index is 12.4. The van der Waals surface area contributed by atoms with Crippen LogP contribution in [0.4, 0.5) is 5.13 Å². The van der Waals surface area contributed by atoms with Gasteiger partial charge in [-0.05, 0) is 19.8 Å². The van der Waals surface area contributed by atoms with E-state index in [9.17, 15) is 4.79 Å². The lowest BCUT2D eigenvalue weighted by Gasteiger charge is -2.37. The van der Waals surface area contributed by atoms with Crippen molar-refractivity contribution in [1.29, 1.82) is 0 Å². The summed E-state index contributed by atoms with van der Waals surface area (Å²) in [5, 5.41) is 12.4. The van der Waals surface area contributed by atoms with Gasteiger partial charge < -0.3 is 10.2 Å². The monoisotopic (exact) mass is 311 g/mol. The number of carbonyl (C=O) groups is 1. The van der Waals surface area contributed by atoms with Crippen molar-refractivity contribution in [3.63, 3.8) is 0 Å². The maximum Gasteiger partial charge on any atom is 0.284 e. The molecule has 1 saturated heterocycles. The van der Waals surface area contributed by atoms with Gasteiger partial charge >= 0.3 is 0 Å². The molecule has 1 aromatic heterocycles. The molecule has 21 heavy (non-hydrogen) atoms. The SMILES string of the molecule is CCCNc1nnc(C(=O)N2CCN(C(C)CC)CC2)s1. The highest BCUT2D eigenvalue weighted by atomic mass is 32.1. The molecule has 0 spiro atoms. The highest BCUT2D eigenvalue weighted by molar-refractivity contribution is 7.17. The Morgan fingerprint density at radius 3 is 2.62 bits per heavy atom. The average molecular weight is 311 g/mol. The molecule has 1 aromatic rings. The second kappa shape index (κ2) is 7.70. The van der Waals surface area contributed by atoms with Gasteiger partial charge in [0.05, 0.1) is 0 Å². The van der Waals surface area contributed by atoms with E-state index >= 15 is 0 Å². The molecule has 1 aliphatic heterocycles. The lowest BCUT2D eigenvalue weighted by Crippen LogP contribution is -2.51. The van der Waals surface area contributed by atoms with Crippen molar-refractivity contribution in [2.45, 2.75) is 39.7 Å². The number of nitrogens with one attached hydrogen (secondary N) is 1. The quantitative estimate of drug-likeness (QED) is 0.869. The van der Waals surface area contributed by atoms with Crippen molar-refractivity contribution < 1.29 is 4.79 Å². The van der Waals surface area contributed by atoms with Gasteiger partial charge in [-0.3, -0.25) is 9.69 Å². The summed E-state index contributed by atoms with van der Waals surface area (Å²) in [7, 11) is 0. The largest absolute Gasteiger partial charge is 0.360 e. The Kier molecular flexibility index (Phi) is 5.93. The molecule has 0 aromatic carbocycles. The summed E-state index contributed by atoms with van der Waals surface area (Å²) < 4.78 is 0. The molecule has 7 heteroatoms. The van der Waals surface area contributed by atoms with Crippen molar-refractivity contribution in [1.82, 2.24) is 20.0 Å². The van der Waals surface area contributed by atoms with Gasteiger partial charge in [0, 0.05) is 38.8 Å². The highest BCUT2D eigenvalue weighted by Gasteiger charge is 2.26. The minimum absolute atomic E-state index is 0.0147. The molecule has 1 atom stereocenters. The summed E-state index contributed by atoms with van der Waals surface area (Å²) in [6.45, 7) is 10.8. The van der Waals surface area contributed by atoms with E-state index in [2.05, 4.69) is 41.2 Å². The second-order valence-electron chi connectivity index (χ2n) is 5.42. The van der Waals surface area contributed by atoms with Crippen LogP contribution in [0.5, 0.6) is 0 Å². The molecular weight excluding hydrogens is 286 g/mol. The lowest BCUT2D eigenvalue weighted by molar-refractivity contribution is 0.0578. The van der Waals surface area contributed by atoms with Crippen LogP contribution in [0.2, 0.25) is 0 Å². The molecule has 0 saturated carbocycles. The molecule has 1 aliphatic rings. The highest BCUT2D eigenvalue weighted by Crippen LogP contribution is 2.18. The molecule has 6 nitrogen and oxygen atoms in total. The fourth-order valence-electron chi connectivity index (χ4n) is 2.37. The van der Waals surface area contributed by atoms with Gasteiger partial charge in [-0.15, -0.1) is 10.2 Å². The molecule has 1 amide bonds. The van der Waals surface area contributed by atoms with Crippen molar-refractivity contribution in [3.8, 4) is 0 Å². The first-order valence-corrected chi connectivity index (χ1v) is 8.58. The van der Waals surface area contributed by atoms with Crippen LogP contribution in [-0.2, 0) is 0 Å². The van der Waals surface area contributed by atoms with E-state index in [1.54, 1.807) is 0 Å². The summed E-state index contributed by atoms with van der Waals surface area (Å²) in [6, 6.07) is 0.591. The molecule has 1 fully saturated rings. The Bertz CT molecular complexity index is 456. The van der Waals surface area contributed by atoms with E-state index in [0.717, 1.165) is 50.7 Å². The number of amides is 1. The number of anilines is 1. The summed E-state index contributed by atoms with van der Waals surface area (Å²) >= 11 is 1.35. The van der Waals surface area contributed by atoms with Crippen LogP contribution < -0.4 is 5.32 Å². The zero-order valence-electron chi connectivity index (χ0n) is 13.1. The van der Waals surface area contributed by atoms with E-state index in [0.29, 0.717) is 11.0 Å². The van der Waals surface area contributed by atoms with Gasteiger partial charge in [0.1, 0.15) is 0 Å². The van der Waals surface area contributed by atoms with Crippen LogP contribution in [0.25, 0.3) is 0 Å². The third-order valence-electron chi connectivity index (χ3n) is 3.95. The Labute approximate surface area is 130 Å². The second-order valence-corrected chi connectivity index (χ2v) is 6.40. The summed E-state index contributed by atoms with van der Waals surface area (Å²) in [5.41, 5.74) is 0. The third kappa shape index (κ3) is 4.14. The summed E-state index contributed by atoms with van der Waals surface area (Å²) in [6.07, 6.45) is 2.18. The summed E-state index contributed by atoms with van der Waals surface area (Å²) in [4.78, 5) is 16.8. The molecule has 2 rings (SSSR count). The zero-order chi connectivity index (χ0) is 15.2. The molecular formula is C14H25N5OS. The van der Waals surface area contributed by atoms with Crippen molar-refractivity contribution >= 4 is 22.4 Å². The molecule has 0 aliphatic carbocycles. The predicted octanol–water partition coefficient (Wildman–Crippen LogP) is 1.92. The molecule has 118 valence electrons. The van der Waals surface area contributed by atoms with E-state index in [1.807, 2.05) is 4.90 Å². The van der Waals surface area contributed by atoms with Crippen molar-refractivity contribution in [2.75, 3.05) is 38.0 Å². The minimum Gasteiger partial charge on any atom is -0.360 e. The Morgan fingerprint density at radius 2 is 2.00 bits per heavy atom. The van der Waals surface area contributed by atoms with Crippen LogP contribution in [0, 0.1) is 0 Å². The standard InChI is InChI=1S/C14H25N5OS/c1-4-6-15-14-17-16-12(21-14)13(20)19-9-7-18(8-10-19)11(3)5-2/h11H,4-10H2,1-3H3,(H,15,17). The first-order valence-electron chi connectivity index (χ1n) is 7.76. The minimum atomic E-state index is 0.0147. The van der Waals surface area contributed by atoms with Crippen LogP contribution >= 0.6 is 11.3 Å². The predicted molar refractivity (Wildman–Crippen MR) is 85.9 cm³/mol. The smallest absolute Gasteiger partial charge is 0.284 e. The van der Waals surface area contributed by atoms with Gasteiger partial charge in [-0.25, -0.2) is 0 Å². The first kappa shape index (κ1) is 16.2. The zero-order valence-corrected chi connectivity index (χ0v) is 13.9. The first-order chi connectivity index (χ1) is 10.2. The normalized spacial score (nSPS) is 17.8. The van der Waals surface area contributed by atoms with Gasteiger partial charge in [0.2, 0.25) is 10.1 Å². The van der Waals surface area contributed by atoms with Crippen LogP contribution in [0.3, 0.4) is 0 Å². The van der Waals surface area contributed by atoms with E-state index in [-0.39, 0.29) is 5.91 Å². The number of rotatable bonds is 6. The number of carbonyl (C=O) groups excluding carboxylic acids is 1. The molecule has 1 N–H and O–H groups in total. The van der Waals surface area contributed by atoms with E-state index < -0.39 is 0 Å². The van der Waals surface area contributed by atoms with E-state index in [4.69, 9.17) is 0 Å². The summed E-state index contributed by atoms with van der Waals surface area (Å²) in [5.74, 6) is 0.0147. The Morgan fingerprint density at radius 1 is 1.29 bits per heavy atom. The number of aromatic nitrogens is 2. The molecule has 2 heterocycles. The van der Waals surface area contributed by atoms with Gasteiger partial charge in [0.25, 0.3) is 5.91 Å². The van der Waals surface area contributed by atoms with Crippen molar-refractivity contribution in [2.24, 2.45) is 0 Å². The number of hydrogen-bond acceptors (Lipinski definition) is 6. The average Bonchev–Trinajstić information content (AvgIpc) is 3.00. The van der Waals surface area contributed by atoms with Crippen molar-refractivity contribution in [3.05, 3.63) is 5.01 Å². The molecule has 0 radical (unpaired) electrons.